The van der Waals surface area contributed by atoms with E-state index in [0.717, 1.165) is 25.0 Å². The topological polar surface area (TPSA) is 35.2 Å². The summed E-state index contributed by atoms with van der Waals surface area (Å²) < 4.78 is 6.15. The van der Waals surface area contributed by atoms with Gasteiger partial charge in [-0.25, -0.2) is 0 Å². The van der Waals surface area contributed by atoms with Crippen LogP contribution in [0.4, 0.5) is 0 Å². The summed E-state index contributed by atoms with van der Waals surface area (Å²) in [7, 11) is 0. The Morgan fingerprint density at radius 3 is 2.55 bits per heavy atom. The van der Waals surface area contributed by atoms with Gasteiger partial charge in [-0.3, -0.25) is 0 Å². The lowest BCUT2D eigenvalue weighted by atomic mass is 10.1. The van der Waals surface area contributed by atoms with Crippen molar-refractivity contribution in [1.82, 2.24) is 0 Å². The van der Waals surface area contributed by atoms with Crippen LogP contribution in [0.15, 0.2) is 54.6 Å². The Bertz CT molecular complexity index is 510. The highest BCUT2D eigenvalue weighted by molar-refractivity contribution is 5.30. The lowest BCUT2D eigenvalue weighted by Crippen LogP contribution is -2.13. The first-order valence-electron chi connectivity index (χ1n) is 7.34. The maximum atomic E-state index is 6.15. The Labute approximate surface area is 121 Å². The van der Waals surface area contributed by atoms with Crippen molar-refractivity contribution in [3.8, 4) is 5.75 Å². The molecule has 106 valence electrons. The van der Waals surface area contributed by atoms with Crippen LogP contribution < -0.4 is 10.5 Å². The molecule has 0 amide bonds. The van der Waals surface area contributed by atoms with Crippen molar-refractivity contribution in [3.63, 3.8) is 0 Å². The van der Waals surface area contributed by atoms with Gasteiger partial charge in [0.15, 0.2) is 0 Å². The second-order valence-corrected chi connectivity index (χ2v) is 4.99. The Morgan fingerprint density at radius 1 is 1.05 bits per heavy atom. The van der Waals surface area contributed by atoms with Crippen LogP contribution in [0.3, 0.4) is 0 Å². The molecule has 0 aliphatic rings. The predicted octanol–water partition coefficient (Wildman–Crippen LogP) is 4.11. The van der Waals surface area contributed by atoms with Crippen LogP contribution in [0.25, 0.3) is 0 Å². The van der Waals surface area contributed by atoms with E-state index >= 15 is 0 Å². The zero-order valence-electron chi connectivity index (χ0n) is 12.1. The van der Waals surface area contributed by atoms with Crippen LogP contribution in [0.1, 0.15) is 37.0 Å². The largest absolute Gasteiger partial charge is 0.486 e. The number of benzene rings is 2. The van der Waals surface area contributed by atoms with Crippen molar-refractivity contribution in [2.75, 3.05) is 6.54 Å². The normalized spacial score (nSPS) is 12.1. The molecule has 1 atom stereocenters. The van der Waals surface area contributed by atoms with Crippen LogP contribution in [-0.4, -0.2) is 6.54 Å². The first kappa shape index (κ1) is 14.6. The Balaban J connectivity index is 2.14. The van der Waals surface area contributed by atoms with E-state index in [-0.39, 0.29) is 6.10 Å². The maximum Gasteiger partial charge on any atom is 0.125 e. The van der Waals surface area contributed by atoms with Crippen molar-refractivity contribution >= 4 is 0 Å². The molecule has 0 fully saturated rings. The zero-order valence-corrected chi connectivity index (χ0v) is 12.1. The summed E-state index contributed by atoms with van der Waals surface area (Å²) in [5, 5.41) is 0. The molecule has 0 aliphatic carbocycles. The Kier molecular flexibility index (Phi) is 5.63. The van der Waals surface area contributed by atoms with E-state index in [9.17, 15) is 0 Å². The maximum absolute atomic E-state index is 6.15. The monoisotopic (exact) mass is 269 g/mol. The van der Waals surface area contributed by atoms with E-state index in [2.05, 4.69) is 37.3 Å². The van der Waals surface area contributed by atoms with Crippen molar-refractivity contribution in [1.29, 1.82) is 0 Å². The summed E-state index contributed by atoms with van der Waals surface area (Å²) in [5.41, 5.74) is 8.22. The van der Waals surface area contributed by atoms with Gasteiger partial charge in [0.25, 0.3) is 0 Å². The van der Waals surface area contributed by atoms with Gasteiger partial charge in [-0.1, -0.05) is 55.8 Å². The van der Waals surface area contributed by atoms with Crippen molar-refractivity contribution < 1.29 is 4.74 Å². The van der Waals surface area contributed by atoms with Crippen molar-refractivity contribution in [3.05, 3.63) is 65.7 Å². The lowest BCUT2D eigenvalue weighted by Gasteiger charge is -2.19. The van der Waals surface area contributed by atoms with Crippen LogP contribution in [0.5, 0.6) is 5.75 Å². The van der Waals surface area contributed by atoms with Gasteiger partial charge in [0, 0.05) is 6.42 Å². The number of hydrogen-bond acceptors (Lipinski definition) is 2. The molecule has 2 N–H and O–H groups in total. The molecule has 20 heavy (non-hydrogen) atoms. The zero-order chi connectivity index (χ0) is 14.2. The van der Waals surface area contributed by atoms with Gasteiger partial charge >= 0.3 is 0 Å². The summed E-state index contributed by atoms with van der Waals surface area (Å²) in [5.74, 6) is 0.929. The Hall–Kier alpha value is -1.80. The highest BCUT2D eigenvalue weighted by Crippen LogP contribution is 2.25. The first-order chi connectivity index (χ1) is 9.83. The molecular formula is C18H23NO. The molecular weight excluding hydrogens is 246 g/mol. The molecule has 2 aromatic carbocycles. The molecule has 2 heteroatoms. The minimum atomic E-state index is 0.0260. The van der Waals surface area contributed by atoms with Gasteiger partial charge in [-0.2, -0.15) is 0 Å². The predicted molar refractivity (Wildman–Crippen MR) is 83.9 cm³/mol. The van der Waals surface area contributed by atoms with Gasteiger partial charge in [-0.15, -0.1) is 0 Å². The van der Waals surface area contributed by atoms with Gasteiger partial charge in [0.2, 0.25) is 0 Å². The average molecular weight is 269 g/mol. The molecule has 0 heterocycles. The van der Waals surface area contributed by atoms with E-state index in [1.807, 2.05) is 24.3 Å². The summed E-state index contributed by atoms with van der Waals surface area (Å²) in [6.07, 6.45) is 3.08. The number of nitrogens with two attached hydrogens (primary N) is 1. The van der Waals surface area contributed by atoms with E-state index < -0.39 is 0 Å². The highest BCUT2D eigenvalue weighted by atomic mass is 16.5. The molecule has 0 radical (unpaired) electrons. The summed E-state index contributed by atoms with van der Waals surface area (Å²) in [6.45, 7) is 2.81. The fraction of sp³-hybridized carbons (Fsp3) is 0.333. The highest BCUT2D eigenvalue weighted by Gasteiger charge is 2.12. The molecule has 2 aromatic rings. The van der Waals surface area contributed by atoms with E-state index in [1.54, 1.807) is 0 Å². The van der Waals surface area contributed by atoms with Crippen LogP contribution >= 0.6 is 0 Å². The molecule has 0 saturated heterocycles. The molecule has 0 aromatic heterocycles. The van der Waals surface area contributed by atoms with Crippen LogP contribution in [0.2, 0.25) is 0 Å². The summed E-state index contributed by atoms with van der Waals surface area (Å²) in [6, 6.07) is 18.6. The average Bonchev–Trinajstić information content (AvgIpc) is 2.48. The van der Waals surface area contributed by atoms with Gasteiger partial charge in [0.05, 0.1) is 0 Å². The third-order valence-corrected chi connectivity index (χ3v) is 3.32. The molecule has 2 nitrogen and oxygen atoms in total. The standard InChI is InChI=1S/C18H23NO/c1-2-7-15-8-6-11-17(14-15)20-18(12-13-19)16-9-4-3-5-10-16/h3-6,8-11,14,18H,2,7,12-13,19H2,1H3. The minimum absolute atomic E-state index is 0.0260. The van der Waals surface area contributed by atoms with Crippen LogP contribution in [-0.2, 0) is 6.42 Å². The second-order valence-electron chi connectivity index (χ2n) is 4.99. The van der Waals surface area contributed by atoms with Gasteiger partial charge in [-0.05, 0) is 36.2 Å². The van der Waals surface area contributed by atoms with Gasteiger partial charge < -0.3 is 10.5 Å². The molecule has 1 unspecified atom stereocenters. The summed E-state index contributed by atoms with van der Waals surface area (Å²) >= 11 is 0. The SMILES string of the molecule is CCCc1cccc(OC(CCN)c2ccccc2)c1. The van der Waals surface area contributed by atoms with E-state index in [4.69, 9.17) is 10.5 Å². The second kappa shape index (κ2) is 7.71. The molecule has 0 spiro atoms. The van der Waals surface area contributed by atoms with E-state index in [0.29, 0.717) is 6.54 Å². The van der Waals surface area contributed by atoms with Crippen molar-refractivity contribution in [2.45, 2.75) is 32.3 Å². The molecule has 0 aliphatic heterocycles. The fourth-order valence-corrected chi connectivity index (χ4v) is 2.34. The minimum Gasteiger partial charge on any atom is -0.486 e. The third kappa shape index (κ3) is 4.10. The third-order valence-electron chi connectivity index (χ3n) is 3.32. The first-order valence-corrected chi connectivity index (χ1v) is 7.34. The fourth-order valence-electron chi connectivity index (χ4n) is 2.34. The molecule has 0 bridgehead atoms. The summed E-state index contributed by atoms with van der Waals surface area (Å²) in [4.78, 5) is 0. The number of rotatable bonds is 7. The number of hydrogen-bond donors (Lipinski definition) is 1. The quantitative estimate of drug-likeness (QED) is 0.821. The number of ether oxygens (including phenoxy) is 1. The smallest absolute Gasteiger partial charge is 0.125 e. The molecule has 2 rings (SSSR count). The van der Waals surface area contributed by atoms with Crippen molar-refractivity contribution in [2.24, 2.45) is 5.73 Å². The number of aryl methyl sites for hydroxylation is 1. The Morgan fingerprint density at radius 2 is 1.85 bits per heavy atom. The van der Waals surface area contributed by atoms with E-state index in [1.165, 1.54) is 11.1 Å². The molecule has 0 saturated carbocycles. The van der Waals surface area contributed by atoms with Crippen LogP contribution in [0, 0.1) is 0 Å². The lowest BCUT2D eigenvalue weighted by molar-refractivity contribution is 0.197. The van der Waals surface area contributed by atoms with Gasteiger partial charge in [0.1, 0.15) is 11.9 Å².